The van der Waals surface area contributed by atoms with Crippen molar-refractivity contribution in [3.05, 3.63) is 101 Å². The van der Waals surface area contributed by atoms with E-state index in [0.29, 0.717) is 30.0 Å². The molecular formula is C28H24FN3O3. The standard InChI is InChI=1S/C28H24FN3O3/c1-34-27-15-20(8-11-26(27)35-18-19-6-9-23(29)10-7-19)14-22(16-30)28(33)31-13-12-21-17-32-25-5-3-2-4-24(21)25/h2-11,14-15,17,32H,12-13,18H2,1H3,(H,31,33)/b22-14-. The van der Waals surface area contributed by atoms with E-state index in [-0.39, 0.29) is 18.0 Å². The number of aromatic amines is 1. The van der Waals surface area contributed by atoms with Crippen LogP contribution in [0.5, 0.6) is 11.5 Å². The van der Waals surface area contributed by atoms with Crippen LogP contribution in [0.15, 0.2) is 78.5 Å². The van der Waals surface area contributed by atoms with E-state index in [1.54, 1.807) is 30.3 Å². The molecule has 176 valence electrons. The van der Waals surface area contributed by atoms with Crippen LogP contribution in [0.2, 0.25) is 0 Å². The zero-order valence-electron chi connectivity index (χ0n) is 19.2. The van der Waals surface area contributed by atoms with E-state index in [0.717, 1.165) is 22.0 Å². The molecule has 0 spiro atoms. The van der Waals surface area contributed by atoms with Gasteiger partial charge in [0.15, 0.2) is 11.5 Å². The molecular weight excluding hydrogens is 445 g/mol. The number of nitrogens with one attached hydrogen (secondary N) is 2. The van der Waals surface area contributed by atoms with E-state index in [9.17, 15) is 14.4 Å². The third-order valence-electron chi connectivity index (χ3n) is 5.53. The zero-order chi connectivity index (χ0) is 24.6. The number of halogens is 1. The number of rotatable bonds is 9. The smallest absolute Gasteiger partial charge is 0.261 e. The Labute approximate surface area is 202 Å². The highest BCUT2D eigenvalue weighted by Crippen LogP contribution is 2.29. The fourth-order valence-corrected chi connectivity index (χ4v) is 3.69. The Bertz CT molecular complexity index is 1400. The van der Waals surface area contributed by atoms with Gasteiger partial charge in [-0.05, 0) is 59.5 Å². The van der Waals surface area contributed by atoms with Gasteiger partial charge < -0.3 is 19.8 Å². The molecule has 0 aliphatic heterocycles. The van der Waals surface area contributed by atoms with Crippen LogP contribution in [-0.2, 0) is 17.8 Å². The minimum absolute atomic E-state index is 0.00837. The minimum atomic E-state index is -0.442. The number of carbonyl (C=O) groups is 1. The Balaban J connectivity index is 1.39. The van der Waals surface area contributed by atoms with Gasteiger partial charge in [-0.25, -0.2) is 4.39 Å². The van der Waals surface area contributed by atoms with Gasteiger partial charge in [-0.1, -0.05) is 36.4 Å². The normalized spacial score (nSPS) is 11.2. The molecule has 0 saturated carbocycles. The number of aromatic nitrogens is 1. The molecule has 4 aromatic rings. The van der Waals surface area contributed by atoms with Crippen molar-refractivity contribution in [3.63, 3.8) is 0 Å². The first kappa shape index (κ1) is 23.6. The third kappa shape index (κ3) is 5.87. The van der Waals surface area contributed by atoms with Crippen molar-refractivity contribution >= 4 is 22.9 Å². The molecule has 3 aromatic carbocycles. The number of hydrogen-bond acceptors (Lipinski definition) is 4. The summed E-state index contributed by atoms with van der Waals surface area (Å²) in [5, 5.41) is 13.5. The van der Waals surface area contributed by atoms with E-state index in [1.807, 2.05) is 36.5 Å². The van der Waals surface area contributed by atoms with Crippen LogP contribution in [0.3, 0.4) is 0 Å². The molecule has 0 radical (unpaired) electrons. The second-order valence-electron chi connectivity index (χ2n) is 7.86. The van der Waals surface area contributed by atoms with Crippen molar-refractivity contribution < 1.29 is 18.7 Å². The maximum Gasteiger partial charge on any atom is 0.261 e. The Morgan fingerprint density at radius 2 is 1.91 bits per heavy atom. The van der Waals surface area contributed by atoms with Gasteiger partial charge in [-0.3, -0.25) is 4.79 Å². The Morgan fingerprint density at radius 3 is 2.69 bits per heavy atom. The molecule has 0 aliphatic carbocycles. The van der Waals surface area contributed by atoms with Crippen LogP contribution >= 0.6 is 0 Å². The fraction of sp³-hybridized carbons (Fsp3) is 0.143. The summed E-state index contributed by atoms with van der Waals surface area (Å²) in [7, 11) is 1.51. The van der Waals surface area contributed by atoms with Crippen molar-refractivity contribution in [2.75, 3.05) is 13.7 Å². The van der Waals surface area contributed by atoms with Crippen molar-refractivity contribution in [2.24, 2.45) is 0 Å². The lowest BCUT2D eigenvalue weighted by molar-refractivity contribution is -0.117. The van der Waals surface area contributed by atoms with E-state index < -0.39 is 5.91 Å². The summed E-state index contributed by atoms with van der Waals surface area (Å²) in [6, 6.07) is 21.1. The summed E-state index contributed by atoms with van der Waals surface area (Å²) in [4.78, 5) is 15.8. The highest BCUT2D eigenvalue weighted by Gasteiger charge is 2.11. The van der Waals surface area contributed by atoms with Crippen LogP contribution in [0.1, 0.15) is 16.7 Å². The van der Waals surface area contributed by atoms with E-state index in [4.69, 9.17) is 9.47 Å². The van der Waals surface area contributed by atoms with Crippen LogP contribution < -0.4 is 14.8 Å². The van der Waals surface area contributed by atoms with Gasteiger partial charge >= 0.3 is 0 Å². The summed E-state index contributed by atoms with van der Waals surface area (Å²) in [5.74, 6) is 0.203. The van der Waals surface area contributed by atoms with Gasteiger partial charge in [-0.15, -0.1) is 0 Å². The number of ether oxygens (including phenoxy) is 2. The molecule has 0 atom stereocenters. The Morgan fingerprint density at radius 1 is 1.11 bits per heavy atom. The molecule has 7 heteroatoms. The van der Waals surface area contributed by atoms with Crippen LogP contribution in [0.25, 0.3) is 17.0 Å². The lowest BCUT2D eigenvalue weighted by Gasteiger charge is -2.12. The van der Waals surface area contributed by atoms with E-state index >= 15 is 0 Å². The first-order valence-corrected chi connectivity index (χ1v) is 11.1. The number of H-pyrrole nitrogens is 1. The largest absolute Gasteiger partial charge is 0.493 e. The molecule has 0 aliphatic rings. The van der Waals surface area contributed by atoms with E-state index in [1.165, 1.54) is 25.3 Å². The van der Waals surface area contributed by atoms with Crippen LogP contribution in [-0.4, -0.2) is 24.5 Å². The molecule has 2 N–H and O–H groups in total. The number of benzene rings is 3. The fourth-order valence-electron chi connectivity index (χ4n) is 3.69. The lowest BCUT2D eigenvalue weighted by atomic mass is 10.1. The first-order chi connectivity index (χ1) is 17.1. The number of amides is 1. The second-order valence-corrected chi connectivity index (χ2v) is 7.86. The van der Waals surface area contributed by atoms with Crippen molar-refractivity contribution in [1.29, 1.82) is 5.26 Å². The van der Waals surface area contributed by atoms with Gasteiger partial charge in [0.05, 0.1) is 7.11 Å². The summed E-state index contributed by atoms with van der Waals surface area (Å²) in [5.41, 5.74) is 3.58. The molecule has 1 heterocycles. The van der Waals surface area contributed by atoms with Crippen molar-refractivity contribution in [1.82, 2.24) is 10.3 Å². The highest BCUT2D eigenvalue weighted by molar-refractivity contribution is 6.01. The molecule has 0 unspecified atom stereocenters. The average Bonchev–Trinajstić information content (AvgIpc) is 3.30. The van der Waals surface area contributed by atoms with Crippen molar-refractivity contribution in [2.45, 2.75) is 13.0 Å². The number of hydrogen-bond donors (Lipinski definition) is 2. The summed E-state index contributed by atoms with van der Waals surface area (Å²) in [6.07, 6.45) is 4.08. The van der Waals surface area contributed by atoms with Gasteiger partial charge in [0.25, 0.3) is 5.91 Å². The predicted molar refractivity (Wildman–Crippen MR) is 132 cm³/mol. The summed E-state index contributed by atoms with van der Waals surface area (Å²) < 4.78 is 24.3. The number of methoxy groups -OCH3 is 1. The number of carbonyl (C=O) groups excluding carboxylic acids is 1. The molecule has 4 rings (SSSR count). The number of para-hydroxylation sites is 1. The zero-order valence-corrected chi connectivity index (χ0v) is 19.2. The Kier molecular flexibility index (Phi) is 7.44. The average molecular weight is 470 g/mol. The first-order valence-electron chi connectivity index (χ1n) is 11.1. The van der Waals surface area contributed by atoms with E-state index in [2.05, 4.69) is 10.3 Å². The van der Waals surface area contributed by atoms with Crippen LogP contribution in [0.4, 0.5) is 4.39 Å². The van der Waals surface area contributed by atoms with Crippen LogP contribution in [0, 0.1) is 17.1 Å². The highest BCUT2D eigenvalue weighted by atomic mass is 19.1. The lowest BCUT2D eigenvalue weighted by Crippen LogP contribution is -2.26. The summed E-state index contributed by atoms with van der Waals surface area (Å²) >= 11 is 0. The van der Waals surface area contributed by atoms with Crippen molar-refractivity contribution in [3.8, 4) is 17.6 Å². The number of fused-ring (bicyclic) bond motifs is 1. The van der Waals surface area contributed by atoms with Gasteiger partial charge in [0.1, 0.15) is 24.1 Å². The molecule has 6 nitrogen and oxygen atoms in total. The number of nitrogens with zero attached hydrogens (tertiary/aromatic N) is 1. The monoisotopic (exact) mass is 469 g/mol. The molecule has 0 fully saturated rings. The maximum atomic E-state index is 13.1. The quantitative estimate of drug-likeness (QED) is 0.262. The minimum Gasteiger partial charge on any atom is -0.493 e. The molecule has 35 heavy (non-hydrogen) atoms. The Hall–Kier alpha value is -4.57. The maximum absolute atomic E-state index is 13.1. The molecule has 0 bridgehead atoms. The molecule has 1 aromatic heterocycles. The molecule has 1 amide bonds. The number of nitriles is 1. The SMILES string of the molecule is COc1cc(/C=C(/C#N)C(=O)NCCc2c[nH]c3ccccc23)ccc1OCc1ccc(F)cc1. The molecule has 0 saturated heterocycles. The van der Waals surface area contributed by atoms with Gasteiger partial charge in [0.2, 0.25) is 0 Å². The topological polar surface area (TPSA) is 87.1 Å². The predicted octanol–water partition coefficient (Wildman–Crippen LogP) is 5.16. The second kappa shape index (κ2) is 11.0. The summed E-state index contributed by atoms with van der Waals surface area (Å²) in [6.45, 7) is 0.646. The third-order valence-corrected chi connectivity index (χ3v) is 5.53. The van der Waals surface area contributed by atoms with Gasteiger partial charge in [-0.2, -0.15) is 5.26 Å². The van der Waals surface area contributed by atoms with Gasteiger partial charge in [0, 0.05) is 23.6 Å².